The molecular formula is C16H21N3O2S. The van der Waals surface area contributed by atoms with Crippen LogP contribution < -0.4 is 5.32 Å². The molecule has 6 heteroatoms. The third-order valence-corrected chi connectivity index (χ3v) is 6.51. The lowest BCUT2D eigenvalue weighted by Gasteiger charge is -2.16. The van der Waals surface area contributed by atoms with Crippen molar-refractivity contribution in [2.75, 3.05) is 38.5 Å². The number of fused-ring (bicyclic) bond motifs is 1. The fourth-order valence-electron chi connectivity index (χ4n) is 3.47. The standard InChI is InChI=1S/C16H21N3O2S/c17-8-13-2-4-16(5-3-13)22(20,21)7-1-6-19-11-14-9-18-10-15(14)12-19/h2-5,14-15,18H,1,6-7,9-12H2. The Bertz CT molecular complexity index is 652. The summed E-state index contributed by atoms with van der Waals surface area (Å²) in [5.41, 5.74) is 0.483. The maximum absolute atomic E-state index is 12.3. The number of rotatable bonds is 5. The molecule has 0 spiro atoms. The van der Waals surface area contributed by atoms with Crippen molar-refractivity contribution in [2.24, 2.45) is 11.8 Å². The molecule has 2 heterocycles. The van der Waals surface area contributed by atoms with E-state index in [1.54, 1.807) is 12.1 Å². The minimum atomic E-state index is -3.24. The highest BCUT2D eigenvalue weighted by Gasteiger charge is 2.35. The largest absolute Gasteiger partial charge is 0.316 e. The summed E-state index contributed by atoms with van der Waals surface area (Å²) >= 11 is 0. The molecule has 2 aliphatic heterocycles. The average Bonchev–Trinajstić information content (AvgIpc) is 3.08. The summed E-state index contributed by atoms with van der Waals surface area (Å²) in [6.45, 7) is 5.24. The zero-order valence-electron chi connectivity index (χ0n) is 12.5. The molecule has 1 aromatic rings. The molecule has 2 unspecified atom stereocenters. The zero-order chi connectivity index (χ0) is 15.6. The molecule has 2 aliphatic rings. The summed E-state index contributed by atoms with van der Waals surface area (Å²) in [4.78, 5) is 2.71. The minimum absolute atomic E-state index is 0.170. The highest BCUT2D eigenvalue weighted by atomic mass is 32.2. The van der Waals surface area contributed by atoms with Crippen LogP contribution in [0.4, 0.5) is 0 Å². The van der Waals surface area contributed by atoms with Crippen LogP contribution in [0.3, 0.4) is 0 Å². The quantitative estimate of drug-likeness (QED) is 0.872. The smallest absolute Gasteiger partial charge is 0.178 e. The summed E-state index contributed by atoms with van der Waals surface area (Å²) in [6.07, 6.45) is 0.662. The lowest BCUT2D eigenvalue weighted by Crippen LogP contribution is -2.27. The molecule has 1 aromatic carbocycles. The van der Waals surface area contributed by atoms with Gasteiger partial charge in [-0.3, -0.25) is 0 Å². The van der Waals surface area contributed by atoms with Crippen LogP contribution in [-0.4, -0.2) is 51.8 Å². The van der Waals surface area contributed by atoms with Crippen molar-refractivity contribution < 1.29 is 8.42 Å². The summed E-state index contributed by atoms with van der Waals surface area (Å²) in [6, 6.07) is 8.17. The fraction of sp³-hybridized carbons (Fsp3) is 0.562. The van der Waals surface area contributed by atoms with Gasteiger partial charge in [0.15, 0.2) is 9.84 Å². The second kappa shape index (κ2) is 6.37. The maximum atomic E-state index is 12.3. The Morgan fingerprint density at radius 3 is 2.41 bits per heavy atom. The molecule has 0 saturated carbocycles. The van der Waals surface area contributed by atoms with Gasteiger partial charge in [-0.15, -0.1) is 0 Å². The van der Waals surface area contributed by atoms with Crippen molar-refractivity contribution in [3.8, 4) is 6.07 Å². The molecule has 0 bridgehead atoms. The highest BCUT2D eigenvalue weighted by molar-refractivity contribution is 7.91. The van der Waals surface area contributed by atoms with Crippen LogP contribution in [0.2, 0.25) is 0 Å². The Morgan fingerprint density at radius 2 is 1.82 bits per heavy atom. The first-order chi connectivity index (χ1) is 10.6. The molecule has 1 N–H and O–H groups in total. The Kier molecular flexibility index (Phi) is 4.48. The zero-order valence-corrected chi connectivity index (χ0v) is 13.3. The van der Waals surface area contributed by atoms with E-state index < -0.39 is 9.84 Å². The van der Waals surface area contributed by atoms with E-state index >= 15 is 0 Å². The van der Waals surface area contributed by atoms with Gasteiger partial charge in [-0.05, 0) is 62.2 Å². The minimum Gasteiger partial charge on any atom is -0.316 e. The number of sulfone groups is 1. The number of nitrogens with one attached hydrogen (secondary N) is 1. The molecule has 2 fully saturated rings. The van der Waals surface area contributed by atoms with Gasteiger partial charge in [-0.1, -0.05) is 0 Å². The van der Waals surface area contributed by atoms with Gasteiger partial charge in [0.05, 0.1) is 22.3 Å². The predicted octanol–water partition coefficient (Wildman–Crippen LogP) is 0.873. The normalized spacial score (nSPS) is 25.0. The Morgan fingerprint density at radius 1 is 1.18 bits per heavy atom. The lowest BCUT2D eigenvalue weighted by atomic mass is 10.0. The van der Waals surface area contributed by atoms with E-state index in [0.29, 0.717) is 16.9 Å². The fourth-order valence-corrected chi connectivity index (χ4v) is 4.76. The Balaban J connectivity index is 1.51. The SMILES string of the molecule is N#Cc1ccc(S(=O)(=O)CCCN2CC3CNCC3C2)cc1. The third kappa shape index (κ3) is 3.32. The van der Waals surface area contributed by atoms with Gasteiger partial charge in [-0.2, -0.15) is 5.26 Å². The first kappa shape index (κ1) is 15.5. The van der Waals surface area contributed by atoms with Crippen molar-refractivity contribution >= 4 is 9.84 Å². The third-order valence-electron chi connectivity index (χ3n) is 4.70. The van der Waals surface area contributed by atoms with Crippen LogP contribution in [0.1, 0.15) is 12.0 Å². The molecule has 0 aliphatic carbocycles. The van der Waals surface area contributed by atoms with Crippen LogP contribution in [0.15, 0.2) is 29.2 Å². The molecular weight excluding hydrogens is 298 g/mol. The van der Waals surface area contributed by atoms with E-state index in [4.69, 9.17) is 5.26 Å². The van der Waals surface area contributed by atoms with Gasteiger partial charge in [0.2, 0.25) is 0 Å². The van der Waals surface area contributed by atoms with Crippen molar-refractivity contribution in [1.29, 1.82) is 5.26 Å². The van der Waals surface area contributed by atoms with E-state index in [2.05, 4.69) is 10.2 Å². The number of hydrogen-bond acceptors (Lipinski definition) is 5. The van der Waals surface area contributed by atoms with Crippen molar-refractivity contribution in [2.45, 2.75) is 11.3 Å². The predicted molar refractivity (Wildman–Crippen MR) is 84.1 cm³/mol. The first-order valence-electron chi connectivity index (χ1n) is 7.74. The van der Waals surface area contributed by atoms with E-state index in [1.165, 1.54) is 12.1 Å². The van der Waals surface area contributed by atoms with Gasteiger partial charge in [-0.25, -0.2) is 8.42 Å². The van der Waals surface area contributed by atoms with E-state index in [9.17, 15) is 8.42 Å². The van der Waals surface area contributed by atoms with Gasteiger partial charge >= 0.3 is 0 Å². The molecule has 2 atom stereocenters. The number of hydrogen-bond donors (Lipinski definition) is 1. The molecule has 3 rings (SSSR count). The van der Waals surface area contributed by atoms with Crippen LogP contribution in [0.25, 0.3) is 0 Å². The molecule has 0 radical (unpaired) electrons. The second-order valence-corrected chi connectivity index (χ2v) is 8.36. The van der Waals surface area contributed by atoms with Crippen LogP contribution in [0.5, 0.6) is 0 Å². The van der Waals surface area contributed by atoms with Gasteiger partial charge in [0.25, 0.3) is 0 Å². The average molecular weight is 319 g/mol. The van der Waals surface area contributed by atoms with Crippen LogP contribution in [0, 0.1) is 23.2 Å². The number of nitriles is 1. The molecule has 22 heavy (non-hydrogen) atoms. The van der Waals surface area contributed by atoms with E-state index in [1.807, 2.05) is 6.07 Å². The molecule has 5 nitrogen and oxygen atoms in total. The summed E-state index contributed by atoms with van der Waals surface area (Å²) < 4.78 is 24.6. The number of nitrogens with zero attached hydrogens (tertiary/aromatic N) is 2. The molecule has 0 aromatic heterocycles. The summed E-state index contributed by atoms with van der Waals surface area (Å²) in [5, 5.41) is 12.2. The monoisotopic (exact) mass is 319 g/mol. The first-order valence-corrected chi connectivity index (χ1v) is 9.40. The highest BCUT2D eigenvalue weighted by Crippen LogP contribution is 2.26. The van der Waals surface area contributed by atoms with Gasteiger partial charge in [0, 0.05) is 13.1 Å². The Labute approximate surface area is 131 Å². The van der Waals surface area contributed by atoms with Gasteiger partial charge in [0.1, 0.15) is 0 Å². The number of likely N-dealkylation sites (tertiary alicyclic amines) is 1. The topological polar surface area (TPSA) is 73.2 Å². The Hall–Kier alpha value is -1.42. The summed E-state index contributed by atoms with van der Waals surface area (Å²) in [5.74, 6) is 1.66. The van der Waals surface area contributed by atoms with Crippen LogP contribution in [-0.2, 0) is 9.84 Å². The second-order valence-electron chi connectivity index (χ2n) is 6.25. The van der Waals surface area contributed by atoms with Crippen molar-refractivity contribution in [3.05, 3.63) is 29.8 Å². The van der Waals surface area contributed by atoms with Crippen LogP contribution >= 0.6 is 0 Å². The van der Waals surface area contributed by atoms with E-state index in [-0.39, 0.29) is 5.75 Å². The van der Waals surface area contributed by atoms with E-state index in [0.717, 1.165) is 44.6 Å². The summed E-state index contributed by atoms with van der Waals surface area (Å²) in [7, 11) is -3.24. The molecule has 118 valence electrons. The van der Waals surface area contributed by atoms with Crippen molar-refractivity contribution in [1.82, 2.24) is 10.2 Å². The lowest BCUT2D eigenvalue weighted by molar-refractivity contribution is 0.314. The number of benzene rings is 1. The molecule has 2 saturated heterocycles. The molecule has 0 amide bonds. The van der Waals surface area contributed by atoms with Gasteiger partial charge < -0.3 is 10.2 Å². The van der Waals surface area contributed by atoms with Crippen molar-refractivity contribution in [3.63, 3.8) is 0 Å². The maximum Gasteiger partial charge on any atom is 0.178 e.